The minimum absolute atomic E-state index is 0.101. The van der Waals surface area contributed by atoms with Gasteiger partial charge in [0.1, 0.15) is 0 Å². The number of hydrogen-bond acceptors (Lipinski definition) is 2. The summed E-state index contributed by atoms with van der Waals surface area (Å²) in [5.74, 6) is 0. The van der Waals surface area contributed by atoms with E-state index in [1.807, 2.05) is 24.3 Å². The van der Waals surface area contributed by atoms with Crippen LogP contribution in [0.5, 0.6) is 0 Å². The Morgan fingerprint density at radius 2 is 1.86 bits per heavy atom. The first-order valence-corrected chi connectivity index (χ1v) is 4.35. The molecule has 4 N–H and O–H groups in total. The van der Waals surface area contributed by atoms with E-state index < -0.39 is 0 Å². The molecule has 0 saturated carbocycles. The Balaban J connectivity index is 2.19. The molecule has 0 bridgehead atoms. The molecule has 0 aliphatic heterocycles. The summed E-state index contributed by atoms with van der Waals surface area (Å²) < 4.78 is 0. The number of hydrogen-bond donors (Lipinski definition) is 3. The molecule has 0 unspecified atom stereocenters. The number of rotatable bonds is 2. The van der Waals surface area contributed by atoms with Gasteiger partial charge in [-0.15, -0.1) is 0 Å². The largest absolute Gasteiger partial charge is 0.399 e. The highest BCUT2D eigenvalue weighted by atomic mass is 16.1. The number of anilines is 1. The first kappa shape index (κ1) is 8.62. The molecule has 0 spiro atoms. The van der Waals surface area contributed by atoms with Crippen molar-refractivity contribution >= 4 is 5.69 Å². The molecule has 2 aromatic rings. The number of nitrogens with one attached hydrogen (secondary N) is 2. The van der Waals surface area contributed by atoms with Crippen molar-refractivity contribution in [1.29, 1.82) is 0 Å². The summed E-state index contributed by atoms with van der Waals surface area (Å²) in [6.45, 7) is 0. The van der Waals surface area contributed by atoms with Crippen LogP contribution in [0.25, 0.3) is 0 Å². The summed E-state index contributed by atoms with van der Waals surface area (Å²) in [6.07, 6.45) is 0.707. The van der Waals surface area contributed by atoms with Crippen LogP contribution < -0.4 is 11.3 Å². The van der Waals surface area contributed by atoms with Crippen molar-refractivity contribution in [3.05, 3.63) is 51.9 Å². The van der Waals surface area contributed by atoms with Gasteiger partial charge in [0.25, 0.3) is 5.56 Å². The van der Waals surface area contributed by atoms with E-state index in [4.69, 9.17) is 5.73 Å². The number of nitrogen functional groups attached to an aromatic ring is 1. The minimum Gasteiger partial charge on any atom is -0.399 e. The monoisotopic (exact) mass is 189 g/mol. The second kappa shape index (κ2) is 3.41. The number of nitrogens with two attached hydrogens (primary N) is 1. The fourth-order valence-corrected chi connectivity index (χ4v) is 1.32. The summed E-state index contributed by atoms with van der Waals surface area (Å²) in [7, 11) is 0. The molecule has 1 aromatic heterocycles. The molecule has 72 valence electrons. The molecule has 4 heteroatoms. The number of benzene rings is 1. The lowest BCUT2D eigenvalue weighted by atomic mass is 10.1. The molecule has 1 aromatic carbocycles. The zero-order valence-corrected chi connectivity index (χ0v) is 7.58. The molecule has 0 fully saturated rings. The lowest BCUT2D eigenvalue weighted by Crippen LogP contribution is -1.93. The normalized spacial score (nSPS) is 10.3. The Morgan fingerprint density at radius 1 is 1.14 bits per heavy atom. The van der Waals surface area contributed by atoms with Crippen molar-refractivity contribution < 1.29 is 0 Å². The Morgan fingerprint density at radius 3 is 2.43 bits per heavy atom. The van der Waals surface area contributed by atoms with Gasteiger partial charge in [0, 0.05) is 23.9 Å². The second-order valence-electron chi connectivity index (χ2n) is 3.20. The zero-order chi connectivity index (χ0) is 9.97. The number of aromatic nitrogens is 2. The molecule has 1 heterocycles. The van der Waals surface area contributed by atoms with Gasteiger partial charge in [-0.25, -0.2) is 0 Å². The van der Waals surface area contributed by atoms with Crippen molar-refractivity contribution in [1.82, 2.24) is 10.2 Å². The third-order valence-corrected chi connectivity index (χ3v) is 2.03. The van der Waals surface area contributed by atoms with E-state index in [1.54, 1.807) is 6.07 Å². The Kier molecular flexibility index (Phi) is 2.10. The average molecular weight is 189 g/mol. The van der Waals surface area contributed by atoms with Gasteiger partial charge in [-0.05, 0) is 17.7 Å². The maximum Gasteiger partial charge on any atom is 0.264 e. The van der Waals surface area contributed by atoms with Gasteiger partial charge in [-0.2, -0.15) is 0 Å². The van der Waals surface area contributed by atoms with Crippen molar-refractivity contribution in [3.63, 3.8) is 0 Å². The first-order chi connectivity index (χ1) is 6.74. The Labute approximate surface area is 80.8 Å². The second-order valence-corrected chi connectivity index (χ2v) is 3.20. The Bertz CT molecular complexity index is 467. The predicted molar refractivity (Wildman–Crippen MR) is 55.1 cm³/mol. The minimum atomic E-state index is -0.101. The van der Waals surface area contributed by atoms with E-state index >= 15 is 0 Å². The highest BCUT2D eigenvalue weighted by Crippen LogP contribution is 2.08. The highest BCUT2D eigenvalue weighted by molar-refractivity contribution is 5.40. The average Bonchev–Trinajstić information content (AvgIpc) is 2.56. The van der Waals surface area contributed by atoms with Crippen LogP contribution in [0.2, 0.25) is 0 Å². The Hall–Kier alpha value is -1.97. The van der Waals surface area contributed by atoms with Crippen LogP contribution in [0.3, 0.4) is 0 Å². The fraction of sp³-hybridized carbons (Fsp3) is 0.100. The van der Waals surface area contributed by atoms with E-state index in [0.29, 0.717) is 6.42 Å². The molecule has 0 radical (unpaired) electrons. The van der Waals surface area contributed by atoms with Gasteiger partial charge in [0.15, 0.2) is 0 Å². The van der Waals surface area contributed by atoms with Crippen LogP contribution in [0.1, 0.15) is 11.3 Å². The van der Waals surface area contributed by atoms with Gasteiger partial charge in [-0.3, -0.25) is 9.89 Å². The van der Waals surface area contributed by atoms with Crippen molar-refractivity contribution in [2.75, 3.05) is 5.73 Å². The topological polar surface area (TPSA) is 74.7 Å². The molecule has 14 heavy (non-hydrogen) atoms. The van der Waals surface area contributed by atoms with E-state index in [1.165, 1.54) is 0 Å². The van der Waals surface area contributed by atoms with Crippen LogP contribution in [0, 0.1) is 0 Å². The van der Waals surface area contributed by atoms with E-state index in [2.05, 4.69) is 10.2 Å². The standard InChI is InChI=1S/C10H11N3O/c11-8-3-1-7(2-4-8)5-9-6-10(14)13-12-9/h1-4,6H,5,11H2,(H2,12,13,14). The van der Waals surface area contributed by atoms with Crippen LogP contribution >= 0.6 is 0 Å². The van der Waals surface area contributed by atoms with Crippen molar-refractivity contribution in [3.8, 4) is 0 Å². The molecular weight excluding hydrogens is 178 g/mol. The molecule has 2 rings (SSSR count). The quantitative estimate of drug-likeness (QED) is 0.613. The summed E-state index contributed by atoms with van der Waals surface area (Å²) in [5.41, 5.74) is 8.20. The lowest BCUT2D eigenvalue weighted by molar-refractivity contribution is 0.983. The molecule has 4 nitrogen and oxygen atoms in total. The zero-order valence-electron chi connectivity index (χ0n) is 7.58. The number of H-pyrrole nitrogens is 2. The van der Waals surface area contributed by atoms with Crippen LogP contribution in [0.4, 0.5) is 5.69 Å². The highest BCUT2D eigenvalue weighted by Gasteiger charge is 1.98. The number of aromatic amines is 2. The lowest BCUT2D eigenvalue weighted by Gasteiger charge is -1.98. The summed E-state index contributed by atoms with van der Waals surface area (Å²) in [6, 6.07) is 9.14. The van der Waals surface area contributed by atoms with Gasteiger partial charge in [0.2, 0.25) is 0 Å². The molecule has 0 amide bonds. The summed E-state index contributed by atoms with van der Waals surface area (Å²) in [5, 5.41) is 5.29. The molecule has 0 saturated heterocycles. The van der Waals surface area contributed by atoms with Gasteiger partial charge in [-0.1, -0.05) is 12.1 Å². The fourth-order valence-electron chi connectivity index (χ4n) is 1.32. The SMILES string of the molecule is Nc1ccc(Cc2cc(=O)[nH][nH]2)cc1. The van der Waals surface area contributed by atoms with E-state index in [9.17, 15) is 4.79 Å². The molecule has 0 atom stereocenters. The van der Waals surface area contributed by atoms with Gasteiger partial charge < -0.3 is 10.8 Å². The third kappa shape index (κ3) is 1.85. The summed E-state index contributed by atoms with van der Waals surface area (Å²) >= 11 is 0. The smallest absolute Gasteiger partial charge is 0.264 e. The maximum absolute atomic E-state index is 10.8. The van der Waals surface area contributed by atoms with Gasteiger partial charge in [0.05, 0.1) is 0 Å². The predicted octanol–water partition coefficient (Wildman–Crippen LogP) is 0.876. The van der Waals surface area contributed by atoms with Crippen LogP contribution in [0.15, 0.2) is 35.1 Å². The molecule has 0 aliphatic carbocycles. The van der Waals surface area contributed by atoms with Crippen molar-refractivity contribution in [2.45, 2.75) is 6.42 Å². The van der Waals surface area contributed by atoms with Crippen LogP contribution in [-0.2, 0) is 6.42 Å². The molecule has 0 aliphatic rings. The maximum atomic E-state index is 10.8. The summed E-state index contributed by atoms with van der Waals surface area (Å²) in [4.78, 5) is 10.8. The van der Waals surface area contributed by atoms with Crippen LogP contribution in [-0.4, -0.2) is 10.2 Å². The van der Waals surface area contributed by atoms with Crippen molar-refractivity contribution in [2.24, 2.45) is 0 Å². The third-order valence-electron chi connectivity index (χ3n) is 2.03. The first-order valence-electron chi connectivity index (χ1n) is 4.35. The van der Waals surface area contributed by atoms with Gasteiger partial charge >= 0.3 is 0 Å². The van der Waals surface area contributed by atoms with E-state index in [0.717, 1.165) is 16.9 Å². The molecular formula is C10H11N3O. The van der Waals surface area contributed by atoms with E-state index in [-0.39, 0.29) is 5.56 Å².